The summed E-state index contributed by atoms with van der Waals surface area (Å²) in [6.45, 7) is 13.0. The van der Waals surface area contributed by atoms with E-state index in [1.807, 2.05) is 24.3 Å². The number of hydrogen-bond donors (Lipinski definition) is 1. The largest absolute Gasteiger partial charge is 0.497 e. The van der Waals surface area contributed by atoms with Gasteiger partial charge in [0, 0.05) is 4.48 Å². The van der Waals surface area contributed by atoms with Crippen molar-refractivity contribution < 1.29 is 19.0 Å². The van der Waals surface area contributed by atoms with Crippen LogP contribution in [0, 0.1) is 11.8 Å². The van der Waals surface area contributed by atoms with Gasteiger partial charge in [0.15, 0.2) is 8.32 Å². The van der Waals surface area contributed by atoms with Gasteiger partial charge in [-0.25, -0.2) is 0 Å². The monoisotopic (exact) mass is 538 g/mol. The number of halogens is 1. The lowest BCUT2D eigenvalue weighted by atomic mass is 9.89. The maximum absolute atomic E-state index is 9.20. The van der Waals surface area contributed by atoms with Crippen LogP contribution in [0.2, 0.25) is 18.1 Å². The number of benzene rings is 1. The molecule has 0 radical (unpaired) electrons. The molecule has 6 heteroatoms. The van der Waals surface area contributed by atoms with Gasteiger partial charge in [-0.1, -0.05) is 73.5 Å². The highest BCUT2D eigenvalue weighted by Crippen LogP contribution is 2.43. The van der Waals surface area contributed by atoms with E-state index < -0.39 is 8.32 Å². The van der Waals surface area contributed by atoms with Crippen LogP contribution in [0.25, 0.3) is 0 Å². The van der Waals surface area contributed by atoms with E-state index in [-0.39, 0.29) is 17.7 Å². The first-order valence-corrected chi connectivity index (χ1v) is 15.8. The van der Waals surface area contributed by atoms with E-state index in [1.165, 1.54) is 24.8 Å². The molecule has 2 rings (SSSR count). The Balaban J connectivity index is 2.05. The van der Waals surface area contributed by atoms with Crippen LogP contribution < -0.4 is 4.74 Å². The lowest BCUT2D eigenvalue weighted by molar-refractivity contribution is 0.0345. The first-order chi connectivity index (χ1) is 15.6. The summed E-state index contributed by atoms with van der Waals surface area (Å²) in [5.74, 6) is 1.89. The molecule has 0 heterocycles. The molecule has 1 aliphatic rings. The zero-order chi connectivity index (χ0) is 24.5. The molecule has 0 saturated heterocycles. The SMILES string of the molecule is COc1ccc(COC[C@@H]2CCC[C@H]2[C@H](C/C=C/C=C(\Br)CO)O[Si](C)(C)C(C)(C)C)cc1. The normalized spacial score (nSPS) is 21.0. The molecule has 1 fully saturated rings. The van der Waals surface area contributed by atoms with Crippen molar-refractivity contribution >= 4 is 24.2 Å². The third-order valence-corrected chi connectivity index (χ3v) is 12.2. The molecule has 0 unspecified atom stereocenters. The summed E-state index contributed by atoms with van der Waals surface area (Å²) in [6, 6.07) is 8.10. The van der Waals surface area contributed by atoms with Crippen LogP contribution in [0.3, 0.4) is 0 Å². The second-order valence-electron chi connectivity index (χ2n) is 10.6. The Morgan fingerprint density at radius 2 is 1.91 bits per heavy atom. The maximum atomic E-state index is 9.20. The Kier molecular flexibility index (Phi) is 11.4. The Hall–Kier alpha value is -0.923. The zero-order valence-corrected chi connectivity index (χ0v) is 23.9. The maximum Gasteiger partial charge on any atom is 0.192 e. The number of aliphatic hydroxyl groups excluding tert-OH is 1. The highest BCUT2D eigenvalue weighted by molar-refractivity contribution is 9.11. The van der Waals surface area contributed by atoms with Gasteiger partial charge in [-0.3, -0.25) is 0 Å². The number of hydrogen-bond acceptors (Lipinski definition) is 4. The summed E-state index contributed by atoms with van der Waals surface area (Å²) in [4.78, 5) is 0. The van der Waals surface area contributed by atoms with Gasteiger partial charge in [0.05, 0.1) is 33.0 Å². The lowest BCUT2D eigenvalue weighted by Gasteiger charge is -2.42. The number of allylic oxidation sites excluding steroid dienone is 2. The van der Waals surface area contributed by atoms with Crippen LogP contribution in [0.1, 0.15) is 52.0 Å². The summed E-state index contributed by atoms with van der Waals surface area (Å²) in [5, 5.41) is 9.37. The van der Waals surface area contributed by atoms with Gasteiger partial charge in [-0.05, 0) is 66.9 Å². The van der Waals surface area contributed by atoms with Crippen LogP contribution in [0.5, 0.6) is 5.75 Å². The highest BCUT2D eigenvalue weighted by Gasteiger charge is 2.42. The van der Waals surface area contributed by atoms with E-state index in [9.17, 15) is 5.11 Å². The molecule has 33 heavy (non-hydrogen) atoms. The standard InChI is InChI=1S/C27H43BrO4Si/c1-27(2,3)33(5,6)32-26(13-8-7-11-23(28)18-29)25-12-9-10-22(25)20-31-19-21-14-16-24(30-4)17-15-21/h7-8,11,14-17,22,25-26,29H,9-10,12-13,18-20H2,1-6H3/b8-7+,23-11-/t22-,25+,26-/m0/s1. The molecule has 1 N–H and O–H groups in total. The van der Waals surface area contributed by atoms with Crippen molar-refractivity contribution in [2.45, 2.75) is 77.3 Å². The fourth-order valence-corrected chi connectivity index (χ4v) is 5.65. The average Bonchev–Trinajstić information content (AvgIpc) is 3.23. The zero-order valence-electron chi connectivity index (χ0n) is 21.3. The van der Waals surface area contributed by atoms with Crippen molar-refractivity contribution in [2.24, 2.45) is 11.8 Å². The predicted molar refractivity (Wildman–Crippen MR) is 143 cm³/mol. The van der Waals surface area contributed by atoms with Crippen molar-refractivity contribution in [1.29, 1.82) is 0 Å². The van der Waals surface area contributed by atoms with Crippen molar-refractivity contribution in [2.75, 3.05) is 20.3 Å². The molecule has 0 spiro atoms. The molecule has 0 aliphatic heterocycles. The van der Waals surface area contributed by atoms with Gasteiger partial charge in [0.25, 0.3) is 0 Å². The number of rotatable bonds is 12. The topological polar surface area (TPSA) is 47.9 Å². The van der Waals surface area contributed by atoms with E-state index >= 15 is 0 Å². The van der Waals surface area contributed by atoms with Crippen LogP contribution in [-0.4, -0.2) is 39.9 Å². The minimum absolute atomic E-state index is 0.0183. The van der Waals surface area contributed by atoms with Crippen LogP contribution in [-0.2, 0) is 15.8 Å². The predicted octanol–water partition coefficient (Wildman–Crippen LogP) is 7.24. The lowest BCUT2D eigenvalue weighted by Crippen LogP contribution is -2.46. The molecule has 0 aromatic heterocycles. The minimum Gasteiger partial charge on any atom is -0.497 e. The second kappa shape index (κ2) is 13.2. The smallest absolute Gasteiger partial charge is 0.192 e. The van der Waals surface area contributed by atoms with Crippen molar-refractivity contribution in [3.05, 3.63) is 52.5 Å². The Morgan fingerprint density at radius 1 is 1.21 bits per heavy atom. The molecule has 3 atom stereocenters. The van der Waals surface area contributed by atoms with E-state index in [1.54, 1.807) is 7.11 Å². The molecular formula is C27H43BrO4Si. The fourth-order valence-electron chi connectivity index (χ4n) is 4.12. The number of methoxy groups -OCH3 is 1. The molecule has 1 aliphatic carbocycles. The molecule has 1 aromatic rings. The fraction of sp³-hybridized carbons (Fsp3) is 0.630. The van der Waals surface area contributed by atoms with Crippen LogP contribution >= 0.6 is 15.9 Å². The summed E-state index contributed by atoms with van der Waals surface area (Å²) in [6.07, 6.45) is 10.8. The Labute approximate surface area is 210 Å². The van der Waals surface area contributed by atoms with Gasteiger partial charge in [0.2, 0.25) is 0 Å². The van der Waals surface area contributed by atoms with E-state index in [2.05, 4.69) is 68.0 Å². The minimum atomic E-state index is -1.90. The van der Waals surface area contributed by atoms with E-state index in [4.69, 9.17) is 13.9 Å². The summed E-state index contributed by atoms with van der Waals surface area (Å²) in [5.41, 5.74) is 1.17. The number of aliphatic hydroxyl groups is 1. The quantitative estimate of drug-likeness (QED) is 0.225. The molecule has 0 amide bonds. The molecule has 1 aromatic carbocycles. The molecule has 1 saturated carbocycles. The van der Waals surface area contributed by atoms with Gasteiger partial charge in [0.1, 0.15) is 5.75 Å². The number of ether oxygens (including phenoxy) is 2. The summed E-state index contributed by atoms with van der Waals surface area (Å²) < 4.78 is 19.2. The van der Waals surface area contributed by atoms with Gasteiger partial charge >= 0.3 is 0 Å². The third-order valence-electron chi connectivity index (χ3n) is 7.14. The van der Waals surface area contributed by atoms with Crippen LogP contribution in [0.15, 0.2) is 47.0 Å². The first-order valence-electron chi connectivity index (χ1n) is 12.1. The van der Waals surface area contributed by atoms with Gasteiger partial charge in [-0.15, -0.1) is 0 Å². The molecule has 0 bridgehead atoms. The third kappa shape index (κ3) is 8.98. The van der Waals surface area contributed by atoms with Gasteiger partial charge in [-0.2, -0.15) is 0 Å². The first kappa shape index (κ1) is 28.3. The molecule has 4 nitrogen and oxygen atoms in total. The van der Waals surface area contributed by atoms with Crippen molar-refractivity contribution in [3.8, 4) is 5.75 Å². The second-order valence-corrected chi connectivity index (χ2v) is 16.3. The molecular weight excluding hydrogens is 496 g/mol. The Morgan fingerprint density at radius 3 is 2.52 bits per heavy atom. The van der Waals surface area contributed by atoms with E-state index in [0.717, 1.165) is 23.3 Å². The molecule has 186 valence electrons. The summed E-state index contributed by atoms with van der Waals surface area (Å²) >= 11 is 3.36. The van der Waals surface area contributed by atoms with Crippen molar-refractivity contribution in [3.63, 3.8) is 0 Å². The van der Waals surface area contributed by atoms with Crippen molar-refractivity contribution in [1.82, 2.24) is 0 Å². The summed E-state index contributed by atoms with van der Waals surface area (Å²) in [7, 11) is -0.213. The highest BCUT2D eigenvalue weighted by atomic mass is 79.9. The van der Waals surface area contributed by atoms with Crippen LogP contribution in [0.4, 0.5) is 0 Å². The van der Waals surface area contributed by atoms with E-state index in [0.29, 0.717) is 18.4 Å². The Bertz CT molecular complexity index is 767. The average molecular weight is 540 g/mol. The van der Waals surface area contributed by atoms with Gasteiger partial charge < -0.3 is 19.0 Å².